The molecule has 2 aliphatic rings. The maximum atomic E-state index is 12.6. The zero-order valence-corrected chi connectivity index (χ0v) is 11.0. The van der Waals surface area contributed by atoms with Gasteiger partial charge in [0.1, 0.15) is 0 Å². The molecule has 104 valence electrons. The maximum Gasteiger partial charge on any atom is 0.307 e. The molecule has 0 spiro atoms. The van der Waals surface area contributed by atoms with Crippen LogP contribution in [0, 0.1) is 23.2 Å². The van der Waals surface area contributed by atoms with Crippen LogP contribution in [0.25, 0.3) is 0 Å². The van der Waals surface area contributed by atoms with E-state index < -0.39 is 11.9 Å². The fourth-order valence-electron chi connectivity index (χ4n) is 2.96. The molecule has 2 saturated carbocycles. The molecular weight excluding hydrogens is 244 g/mol. The fraction of sp³-hybridized carbons (Fsp3) is 0.786. The van der Waals surface area contributed by atoms with E-state index in [9.17, 15) is 14.7 Å². The molecular formula is C14H20N2O3. The Hall–Kier alpha value is -1.57. The van der Waals surface area contributed by atoms with E-state index in [1.807, 2.05) is 0 Å². The average Bonchev–Trinajstić information content (AvgIpc) is 3.23. The van der Waals surface area contributed by atoms with Crippen LogP contribution in [-0.2, 0) is 9.59 Å². The number of aliphatic carboxylic acids is 1. The van der Waals surface area contributed by atoms with Gasteiger partial charge in [0.2, 0.25) is 5.91 Å². The van der Waals surface area contributed by atoms with Crippen molar-refractivity contribution in [3.05, 3.63) is 0 Å². The van der Waals surface area contributed by atoms with E-state index >= 15 is 0 Å². The first-order chi connectivity index (χ1) is 9.15. The Bertz CT molecular complexity index is 398. The van der Waals surface area contributed by atoms with Gasteiger partial charge in [-0.05, 0) is 25.7 Å². The van der Waals surface area contributed by atoms with Crippen LogP contribution in [0.15, 0.2) is 0 Å². The van der Waals surface area contributed by atoms with Gasteiger partial charge in [-0.1, -0.05) is 12.8 Å². The summed E-state index contributed by atoms with van der Waals surface area (Å²) in [5.41, 5.74) is 0. The summed E-state index contributed by atoms with van der Waals surface area (Å²) in [7, 11) is 0. The van der Waals surface area contributed by atoms with Crippen LogP contribution < -0.4 is 0 Å². The van der Waals surface area contributed by atoms with Gasteiger partial charge in [-0.15, -0.1) is 0 Å². The van der Waals surface area contributed by atoms with Crippen LogP contribution in [-0.4, -0.2) is 34.5 Å². The SMILES string of the molecule is N#CCCN(C(=O)C1CCCCC1C(=O)O)C1CC1. The molecule has 0 aliphatic heterocycles. The Balaban J connectivity index is 2.06. The predicted molar refractivity (Wildman–Crippen MR) is 68.0 cm³/mol. The summed E-state index contributed by atoms with van der Waals surface area (Å²) >= 11 is 0. The summed E-state index contributed by atoms with van der Waals surface area (Å²) < 4.78 is 0. The molecule has 2 atom stereocenters. The van der Waals surface area contributed by atoms with Gasteiger partial charge in [0.15, 0.2) is 0 Å². The summed E-state index contributed by atoms with van der Waals surface area (Å²) in [5.74, 6) is -1.81. The molecule has 0 heterocycles. The van der Waals surface area contributed by atoms with Gasteiger partial charge in [-0.3, -0.25) is 9.59 Å². The van der Waals surface area contributed by atoms with E-state index in [-0.39, 0.29) is 17.9 Å². The number of carbonyl (C=O) groups is 2. The third-order valence-corrected chi connectivity index (χ3v) is 4.14. The molecule has 0 saturated heterocycles. The third-order valence-electron chi connectivity index (χ3n) is 4.14. The van der Waals surface area contributed by atoms with Crippen molar-refractivity contribution in [2.75, 3.05) is 6.54 Å². The largest absolute Gasteiger partial charge is 0.481 e. The van der Waals surface area contributed by atoms with E-state index in [1.165, 1.54) is 0 Å². The van der Waals surface area contributed by atoms with Crippen molar-refractivity contribution in [2.24, 2.45) is 11.8 Å². The number of nitrogens with zero attached hydrogens (tertiary/aromatic N) is 2. The topological polar surface area (TPSA) is 81.4 Å². The van der Waals surface area contributed by atoms with Gasteiger partial charge in [0, 0.05) is 12.6 Å². The molecule has 19 heavy (non-hydrogen) atoms. The number of carbonyl (C=O) groups excluding carboxylic acids is 1. The lowest BCUT2D eigenvalue weighted by Gasteiger charge is -2.32. The standard InChI is InChI=1S/C14H20N2O3/c15-8-3-9-16(10-6-7-10)13(17)11-4-1-2-5-12(11)14(18)19/h10-12H,1-7,9H2,(H,18,19). The van der Waals surface area contributed by atoms with Crippen molar-refractivity contribution in [1.29, 1.82) is 5.26 Å². The van der Waals surface area contributed by atoms with Crippen molar-refractivity contribution < 1.29 is 14.7 Å². The molecule has 2 rings (SSSR count). The second-order valence-corrected chi connectivity index (χ2v) is 5.51. The summed E-state index contributed by atoms with van der Waals surface area (Å²) in [6, 6.07) is 2.31. The second kappa shape index (κ2) is 6.05. The van der Waals surface area contributed by atoms with Gasteiger partial charge in [-0.2, -0.15) is 5.26 Å². The molecule has 5 heteroatoms. The molecule has 0 radical (unpaired) electrons. The lowest BCUT2D eigenvalue weighted by molar-refractivity contribution is -0.152. The van der Waals surface area contributed by atoms with Gasteiger partial charge >= 0.3 is 5.97 Å². The van der Waals surface area contributed by atoms with Crippen molar-refractivity contribution >= 4 is 11.9 Å². The number of nitriles is 1. The van der Waals surface area contributed by atoms with Crippen LogP contribution in [0.3, 0.4) is 0 Å². The Labute approximate surface area is 113 Å². The Morgan fingerprint density at radius 2 is 1.79 bits per heavy atom. The summed E-state index contributed by atoms with van der Waals surface area (Å²) in [6.07, 6.45) is 5.39. The van der Waals surface area contributed by atoms with Crippen molar-refractivity contribution in [3.63, 3.8) is 0 Å². The molecule has 0 bridgehead atoms. The van der Waals surface area contributed by atoms with E-state index in [1.54, 1.807) is 4.90 Å². The maximum absolute atomic E-state index is 12.6. The highest BCUT2D eigenvalue weighted by Crippen LogP contribution is 2.35. The quantitative estimate of drug-likeness (QED) is 0.820. The summed E-state index contributed by atoms with van der Waals surface area (Å²) in [5, 5.41) is 17.9. The van der Waals surface area contributed by atoms with E-state index in [4.69, 9.17) is 5.26 Å². The minimum Gasteiger partial charge on any atom is -0.481 e. The highest BCUT2D eigenvalue weighted by Gasteiger charge is 2.41. The number of carboxylic acids is 1. The Morgan fingerprint density at radius 1 is 1.16 bits per heavy atom. The van der Waals surface area contributed by atoms with Crippen LogP contribution in [0.2, 0.25) is 0 Å². The van der Waals surface area contributed by atoms with Gasteiger partial charge < -0.3 is 10.0 Å². The number of hydrogen-bond acceptors (Lipinski definition) is 3. The first-order valence-corrected chi connectivity index (χ1v) is 7.05. The molecule has 0 aromatic rings. The van der Waals surface area contributed by atoms with Crippen LogP contribution in [0.1, 0.15) is 44.9 Å². The molecule has 2 unspecified atom stereocenters. The van der Waals surface area contributed by atoms with Crippen LogP contribution >= 0.6 is 0 Å². The molecule has 5 nitrogen and oxygen atoms in total. The van der Waals surface area contributed by atoms with Gasteiger partial charge in [-0.25, -0.2) is 0 Å². The van der Waals surface area contributed by atoms with Crippen molar-refractivity contribution in [2.45, 2.75) is 51.0 Å². The minimum absolute atomic E-state index is 0.0372. The Morgan fingerprint density at radius 3 is 2.32 bits per heavy atom. The van der Waals surface area contributed by atoms with E-state index in [2.05, 4.69) is 6.07 Å². The third kappa shape index (κ3) is 3.25. The number of amides is 1. The molecule has 2 fully saturated rings. The first kappa shape index (κ1) is 13.9. The molecule has 0 aromatic heterocycles. The predicted octanol–water partition coefficient (Wildman–Crippen LogP) is 1.78. The van der Waals surface area contributed by atoms with Crippen molar-refractivity contribution in [3.8, 4) is 6.07 Å². The van der Waals surface area contributed by atoms with E-state index in [0.717, 1.165) is 25.7 Å². The monoisotopic (exact) mass is 264 g/mol. The molecule has 0 aromatic carbocycles. The molecule has 2 aliphatic carbocycles. The number of carboxylic acid groups (broad SMARTS) is 1. The molecule has 1 N–H and O–H groups in total. The van der Waals surface area contributed by atoms with Crippen molar-refractivity contribution in [1.82, 2.24) is 4.90 Å². The van der Waals surface area contributed by atoms with Crippen LogP contribution in [0.4, 0.5) is 0 Å². The second-order valence-electron chi connectivity index (χ2n) is 5.51. The first-order valence-electron chi connectivity index (χ1n) is 7.05. The zero-order chi connectivity index (χ0) is 13.8. The molecule has 1 amide bonds. The number of rotatable bonds is 5. The summed E-state index contributed by atoms with van der Waals surface area (Å²) in [4.78, 5) is 25.6. The van der Waals surface area contributed by atoms with Gasteiger partial charge in [0.05, 0.1) is 24.3 Å². The lowest BCUT2D eigenvalue weighted by atomic mass is 9.78. The van der Waals surface area contributed by atoms with Gasteiger partial charge in [0.25, 0.3) is 0 Å². The average molecular weight is 264 g/mol. The normalized spacial score (nSPS) is 26.5. The highest BCUT2D eigenvalue weighted by atomic mass is 16.4. The van der Waals surface area contributed by atoms with Crippen LogP contribution in [0.5, 0.6) is 0 Å². The summed E-state index contributed by atoms with van der Waals surface area (Å²) in [6.45, 7) is 0.447. The Kier molecular flexibility index (Phi) is 4.41. The minimum atomic E-state index is -0.853. The highest BCUT2D eigenvalue weighted by molar-refractivity contribution is 5.85. The fourth-order valence-corrected chi connectivity index (χ4v) is 2.96. The lowest BCUT2D eigenvalue weighted by Crippen LogP contribution is -2.44. The smallest absolute Gasteiger partial charge is 0.307 e. The number of hydrogen-bond donors (Lipinski definition) is 1. The van der Waals surface area contributed by atoms with E-state index in [0.29, 0.717) is 25.8 Å². The zero-order valence-electron chi connectivity index (χ0n) is 11.0.